The van der Waals surface area contributed by atoms with E-state index in [1.54, 1.807) is 19.1 Å². The maximum absolute atomic E-state index is 10.6. The first-order valence-electron chi connectivity index (χ1n) is 3.88. The summed E-state index contributed by atoms with van der Waals surface area (Å²) in [6, 6.07) is 6.30. The number of benzene rings is 1. The van der Waals surface area contributed by atoms with Gasteiger partial charge in [0.05, 0.1) is 0 Å². The van der Waals surface area contributed by atoms with Crippen LogP contribution in [0.2, 0.25) is 0 Å². The zero-order chi connectivity index (χ0) is 9.84. The maximum Gasteiger partial charge on any atom is 0.269 e. The van der Waals surface area contributed by atoms with E-state index in [2.05, 4.69) is 0 Å². The van der Waals surface area contributed by atoms with Crippen LogP contribution in [0.3, 0.4) is 0 Å². The second kappa shape index (κ2) is 3.91. The number of carbonyl (C=O) groups excluding carboxylic acids is 1. The van der Waals surface area contributed by atoms with Crippen molar-refractivity contribution in [1.82, 2.24) is 5.73 Å². The van der Waals surface area contributed by atoms with Gasteiger partial charge >= 0.3 is 0 Å². The second-order valence-electron chi connectivity index (χ2n) is 2.68. The molecular weight excluding hydrogens is 168 g/mol. The van der Waals surface area contributed by atoms with Gasteiger partial charge in [-0.2, -0.15) is 0 Å². The average molecular weight is 179 g/mol. The van der Waals surface area contributed by atoms with Gasteiger partial charge in [-0.3, -0.25) is 16.3 Å². The molecular formula is C9H11N2O2. The molecule has 1 atom stereocenters. The van der Waals surface area contributed by atoms with Crippen molar-refractivity contribution in [1.29, 1.82) is 0 Å². The van der Waals surface area contributed by atoms with E-state index in [9.17, 15) is 4.79 Å². The predicted molar refractivity (Wildman–Crippen MR) is 48.1 cm³/mol. The molecule has 0 saturated carbocycles. The summed E-state index contributed by atoms with van der Waals surface area (Å²) in [7, 11) is 0. The highest BCUT2D eigenvalue weighted by atomic mass is 16.5. The lowest BCUT2D eigenvalue weighted by atomic mass is 10.2. The normalized spacial score (nSPS) is 12.2. The van der Waals surface area contributed by atoms with Gasteiger partial charge in [-0.25, -0.2) is 0 Å². The molecule has 0 heterocycles. The van der Waals surface area contributed by atoms with Crippen LogP contribution in [0.15, 0.2) is 24.3 Å². The molecule has 0 aliphatic heterocycles. The lowest BCUT2D eigenvalue weighted by Crippen LogP contribution is -2.22. The zero-order valence-electron chi connectivity index (χ0n) is 7.28. The van der Waals surface area contributed by atoms with Crippen molar-refractivity contribution in [2.24, 2.45) is 5.73 Å². The molecule has 3 N–H and O–H groups in total. The molecule has 0 fully saturated rings. The Labute approximate surface area is 76.5 Å². The van der Waals surface area contributed by atoms with E-state index >= 15 is 0 Å². The van der Waals surface area contributed by atoms with Gasteiger partial charge in [-0.1, -0.05) is 0 Å². The van der Waals surface area contributed by atoms with Gasteiger partial charge in [-0.05, 0) is 31.2 Å². The van der Waals surface area contributed by atoms with Gasteiger partial charge < -0.3 is 4.74 Å². The Hall–Kier alpha value is -1.55. The number of ether oxygens (including phenoxy) is 1. The first kappa shape index (κ1) is 9.54. The molecule has 0 aromatic heterocycles. The van der Waals surface area contributed by atoms with Crippen molar-refractivity contribution in [3.8, 4) is 5.75 Å². The van der Waals surface area contributed by atoms with Crippen LogP contribution in [0.1, 0.15) is 17.3 Å². The van der Waals surface area contributed by atoms with E-state index in [4.69, 9.17) is 16.2 Å². The maximum atomic E-state index is 10.6. The van der Waals surface area contributed by atoms with E-state index in [1.807, 2.05) is 0 Å². The van der Waals surface area contributed by atoms with Crippen LogP contribution in [-0.4, -0.2) is 12.1 Å². The van der Waals surface area contributed by atoms with Gasteiger partial charge in [0.1, 0.15) is 12.0 Å². The van der Waals surface area contributed by atoms with E-state index in [0.717, 1.165) is 0 Å². The summed E-state index contributed by atoms with van der Waals surface area (Å²) in [6.45, 7) is 1.71. The van der Waals surface area contributed by atoms with Crippen LogP contribution < -0.4 is 16.2 Å². The highest BCUT2D eigenvalue weighted by Crippen LogP contribution is 2.12. The molecule has 0 saturated heterocycles. The van der Waals surface area contributed by atoms with Gasteiger partial charge in [0.15, 0.2) is 0 Å². The van der Waals surface area contributed by atoms with Gasteiger partial charge in [0.2, 0.25) is 0 Å². The lowest BCUT2D eigenvalue weighted by molar-refractivity contribution is 0.0992. The Morgan fingerprint density at radius 3 is 2.38 bits per heavy atom. The molecule has 1 rings (SSSR count). The predicted octanol–water partition coefficient (Wildman–Crippen LogP) is 0.793. The summed E-state index contributed by atoms with van der Waals surface area (Å²) in [4.78, 5) is 10.6. The summed E-state index contributed by atoms with van der Waals surface area (Å²) >= 11 is 0. The SMILES string of the molecule is CC(N)Oc1ccc(C([NH])=O)cc1. The molecule has 13 heavy (non-hydrogen) atoms. The minimum atomic E-state index is -0.702. The molecule has 1 radical (unpaired) electrons. The van der Waals surface area contributed by atoms with Crippen molar-refractivity contribution in [2.45, 2.75) is 13.2 Å². The zero-order valence-corrected chi connectivity index (χ0v) is 7.28. The first-order valence-corrected chi connectivity index (χ1v) is 3.88. The molecule has 1 aromatic carbocycles. The van der Waals surface area contributed by atoms with Crippen molar-refractivity contribution >= 4 is 5.91 Å². The summed E-state index contributed by atoms with van der Waals surface area (Å²) < 4.78 is 5.15. The van der Waals surface area contributed by atoms with Crippen molar-refractivity contribution in [3.63, 3.8) is 0 Å². The Morgan fingerprint density at radius 2 is 2.00 bits per heavy atom. The number of nitrogens with two attached hydrogens (primary N) is 1. The molecule has 69 valence electrons. The number of carbonyl (C=O) groups is 1. The Balaban J connectivity index is 2.75. The Bertz CT molecular complexity index is 293. The number of amides is 1. The highest BCUT2D eigenvalue weighted by molar-refractivity contribution is 5.92. The fourth-order valence-corrected chi connectivity index (χ4v) is 0.900. The minimum Gasteiger partial charge on any atom is -0.476 e. The Kier molecular flexibility index (Phi) is 2.87. The standard InChI is InChI=1S/C9H11N2O2/c1-6(10)13-8-4-2-7(3-5-8)9(11)12/h2-6,11H,10H2,1H3. The van der Waals surface area contributed by atoms with Crippen LogP contribution in [0.25, 0.3) is 0 Å². The molecule has 1 unspecified atom stereocenters. The number of rotatable bonds is 3. The van der Waals surface area contributed by atoms with Crippen LogP contribution in [0, 0.1) is 0 Å². The van der Waals surface area contributed by atoms with Crippen molar-refractivity contribution in [2.75, 3.05) is 0 Å². The second-order valence-corrected chi connectivity index (χ2v) is 2.68. The molecule has 1 aromatic rings. The fourth-order valence-electron chi connectivity index (χ4n) is 0.900. The van der Waals surface area contributed by atoms with Crippen LogP contribution in [0.5, 0.6) is 5.75 Å². The quantitative estimate of drug-likeness (QED) is 0.697. The molecule has 4 nitrogen and oxygen atoms in total. The fraction of sp³-hybridized carbons (Fsp3) is 0.222. The monoisotopic (exact) mass is 179 g/mol. The van der Waals surface area contributed by atoms with E-state index in [-0.39, 0.29) is 6.23 Å². The van der Waals surface area contributed by atoms with Crippen LogP contribution >= 0.6 is 0 Å². The lowest BCUT2D eigenvalue weighted by Gasteiger charge is -2.08. The van der Waals surface area contributed by atoms with Gasteiger partial charge in [0.25, 0.3) is 5.91 Å². The third-order valence-corrected chi connectivity index (χ3v) is 1.44. The van der Waals surface area contributed by atoms with Crippen LogP contribution in [0.4, 0.5) is 0 Å². The molecule has 0 aliphatic carbocycles. The Morgan fingerprint density at radius 1 is 1.46 bits per heavy atom. The number of hydrogen-bond acceptors (Lipinski definition) is 3. The summed E-state index contributed by atoms with van der Waals surface area (Å²) in [5.41, 5.74) is 12.6. The molecule has 0 bridgehead atoms. The summed E-state index contributed by atoms with van der Waals surface area (Å²) in [5.74, 6) is -0.104. The van der Waals surface area contributed by atoms with E-state index in [1.165, 1.54) is 12.1 Å². The number of hydrogen-bond donors (Lipinski definition) is 1. The molecule has 0 aliphatic rings. The third-order valence-electron chi connectivity index (χ3n) is 1.44. The van der Waals surface area contributed by atoms with Crippen LogP contribution in [-0.2, 0) is 0 Å². The van der Waals surface area contributed by atoms with Crippen molar-refractivity contribution < 1.29 is 9.53 Å². The molecule has 1 amide bonds. The van der Waals surface area contributed by atoms with Gasteiger partial charge in [0, 0.05) is 5.56 Å². The smallest absolute Gasteiger partial charge is 0.269 e. The third kappa shape index (κ3) is 2.76. The largest absolute Gasteiger partial charge is 0.476 e. The highest BCUT2D eigenvalue weighted by Gasteiger charge is 2.01. The minimum absolute atomic E-state index is 0.344. The van der Waals surface area contributed by atoms with E-state index in [0.29, 0.717) is 11.3 Å². The molecule has 0 spiro atoms. The summed E-state index contributed by atoms with van der Waals surface area (Å²) in [5, 5.41) is 0. The number of nitrogens with one attached hydrogen (secondary N) is 1. The average Bonchev–Trinajstić information content (AvgIpc) is 2.04. The van der Waals surface area contributed by atoms with Crippen molar-refractivity contribution in [3.05, 3.63) is 29.8 Å². The van der Waals surface area contributed by atoms with Gasteiger partial charge in [-0.15, -0.1) is 0 Å². The van der Waals surface area contributed by atoms with E-state index < -0.39 is 5.91 Å². The molecule has 4 heteroatoms. The topological polar surface area (TPSA) is 76.1 Å². The first-order chi connectivity index (χ1) is 6.09. The summed E-state index contributed by atoms with van der Waals surface area (Å²) in [6.07, 6.45) is -0.377.